The summed E-state index contributed by atoms with van der Waals surface area (Å²) in [5.74, 6) is 0.710. The highest BCUT2D eigenvalue weighted by Crippen LogP contribution is 2.09. The maximum absolute atomic E-state index is 12.3. The van der Waals surface area contributed by atoms with Crippen LogP contribution in [-0.2, 0) is 11.3 Å². The van der Waals surface area contributed by atoms with Gasteiger partial charge in [-0.15, -0.1) is 0 Å². The van der Waals surface area contributed by atoms with Gasteiger partial charge in [-0.2, -0.15) is 0 Å². The third kappa shape index (κ3) is 2.46. The number of nitrogens with zero attached hydrogens (tertiary/aromatic N) is 2. The largest absolute Gasteiger partial charge is 0.377 e. The molecule has 5 nitrogen and oxygen atoms in total. The Morgan fingerprint density at radius 2 is 2.17 bits per heavy atom. The minimum absolute atomic E-state index is 0.00536. The lowest BCUT2D eigenvalue weighted by Gasteiger charge is -2.11. The van der Waals surface area contributed by atoms with Gasteiger partial charge in [0.2, 0.25) is 0 Å². The van der Waals surface area contributed by atoms with E-state index in [4.69, 9.17) is 4.74 Å². The van der Waals surface area contributed by atoms with Crippen molar-refractivity contribution in [2.24, 2.45) is 0 Å². The van der Waals surface area contributed by atoms with Crippen LogP contribution in [0.3, 0.4) is 0 Å². The zero-order chi connectivity index (χ0) is 13.3. The molecule has 2 aromatic rings. The predicted octanol–water partition coefficient (Wildman–Crippen LogP) is 1.77. The molecule has 0 unspecified atom stereocenters. The Bertz CT molecular complexity index is 610. The number of hydrogen-bond donors (Lipinski definition) is 1. The van der Waals surface area contributed by atoms with Crippen molar-refractivity contribution in [1.82, 2.24) is 14.5 Å². The van der Waals surface area contributed by atoms with Crippen LogP contribution in [0.1, 0.15) is 25.4 Å². The fourth-order valence-corrected chi connectivity index (χ4v) is 1.98. The molecule has 1 N–H and O–H groups in total. The van der Waals surface area contributed by atoms with E-state index in [9.17, 15) is 4.79 Å². The van der Waals surface area contributed by atoms with Crippen LogP contribution in [0, 0.1) is 13.8 Å². The first-order valence-electron chi connectivity index (χ1n) is 6.17. The molecule has 0 aliphatic carbocycles. The van der Waals surface area contributed by atoms with Crippen molar-refractivity contribution in [3.05, 3.63) is 27.9 Å². The molecule has 0 radical (unpaired) electrons. The Hall–Kier alpha value is -1.62. The van der Waals surface area contributed by atoms with E-state index in [2.05, 4.69) is 9.97 Å². The van der Waals surface area contributed by atoms with Gasteiger partial charge < -0.3 is 9.72 Å². The fourth-order valence-electron chi connectivity index (χ4n) is 1.98. The smallest absolute Gasteiger partial charge is 0.263 e. The third-order valence-corrected chi connectivity index (χ3v) is 2.84. The lowest BCUT2D eigenvalue weighted by atomic mass is 10.3. The highest BCUT2D eigenvalue weighted by molar-refractivity contribution is 5.75. The lowest BCUT2D eigenvalue weighted by Crippen LogP contribution is -2.26. The molecule has 2 rings (SSSR count). The quantitative estimate of drug-likeness (QED) is 0.898. The molecule has 0 saturated heterocycles. The monoisotopic (exact) mass is 249 g/mol. The minimum Gasteiger partial charge on any atom is -0.377 e. The Balaban J connectivity index is 2.35. The van der Waals surface area contributed by atoms with Gasteiger partial charge in [0.15, 0.2) is 0 Å². The number of H-pyrrole nitrogens is 1. The molecule has 5 heteroatoms. The second-order valence-corrected chi connectivity index (χ2v) is 4.75. The van der Waals surface area contributed by atoms with Gasteiger partial charge >= 0.3 is 0 Å². The van der Waals surface area contributed by atoms with Gasteiger partial charge in [0.05, 0.1) is 24.6 Å². The van der Waals surface area contributed by atoms with Gasteiger partial charge in [0.25, 0.3) is 5.56 Å². The molecule has 0 aliphatic heterocycles. The molecular weight excluding hydrogens is 230 g/mol. The van der Waals surface area contributed by atoms with E-state index >= 15 is 0 Å². The van der Waals surface area contributed by atoms with E-state index in [0.717, 1.165) is 5.69 Å². The number of ether oxygens (including phenoxy) is 1. The highest BCUT2D eigenvalue weighted by Gasteiger charge is 2.10. The van der Waals surface area contributed by atoms with Crippen molar-refractivity contribution in [1.29, 1.82) is 0 Å². The molecule has 0 amide bonds. The summed E-state index contributed by atoms with van der Waals surface area (Å²) in [6.45, 7) is 8.78. The lowest BCUT2D eigenvalue weighted by molar-refractivity contribution is 0.0718. The van der Waals surface area contributed by atoms with Crippen molar-refractivity contribution in [2.45, 2.75) is 40.3 Å². The zero-order valence-corrected chi connectivity index (χ0v) is 11.3. The molecule has 98 valence electrons. The van der Waals surface area contributed by atoms with Crippen molar-refractivity contribution in [3.63, 3.8) is 0 Å². The van der Waals surface area contributed by atoms with Crippen LogP contribution in [0.25, 0.3) is 11.0 Å². The molecule has 0 aromatic carbocycles. The van der Waals surface area contributed by atoms with Crippen LogP contribution >= 0.6 is 0 Å². The molecule has 0 bridgehead atoms. The zero-order valence-electron chi connectivity index (χ0n) is 11.3. The Kier molecular flexibility index (Phi) is 3.52. The SMILES string of the molecule is Cc1cc2c(=O)n(CCOC(C)C)c(C)nc2[nH]1. The van der Waals surface area contributed by atoms with E-state index < -0.39 is 0 Å². The van der Waals surface area contributed by atoms with Crippen LogP contribution in [-0.4, -0.2) is 27.2 Å². The van der Waals surface area contributed by atoms with E-state index in [1.807, 2.05) is 33.8 Å². The summed E-state index contributed by atoms with van der Waals surface area (Å²) in [4.78, 5) is 19.8. The number of aryl methyl sites for hydroxylation is 2. The third-order valence-electron chi connectivity index (χ3n) is 2.84. The summed E-state index contributed by atoms with van der Waals surface area (Å²) in [6, 6.07) is 1.84. The Morgan fingerprint density at radius 3 is 2.83 bits per heavy atom. The van der Waals surface area contributed by atoms with Gasteiger partial charge in [-0.25, -0.2) is 4.98 Å². The molecule has 2 heterocycles. The first kappa shape index (κ1) is 12.8. The number of fused-ring (bicyclic) bond motifs is 1. The van der Waals surface area contributed by atoms with Crippen molar-refractivity contribution in [2.75, 3.05) is 6.61 Å². The molecular formula is C13H19N3O2. The molecule has 0 aliphatic rings. The average Bonchev–Trinajstić information content (AvgIpc) is 2.63. The van der Waals surface area contributed by atoms with Crippen LogP contribution < -0.4 is 5.56 Å². The number of nitrogens with one attached hydrogen (secondary N) is 1. The van der Waals surface area contributed by atoms with E-state index in [-0.39, 0.29) is 11.7 Å². The molecule has 18 heavy (non-hydrogen) atoms. The summed E-state index contributed by atoms with van der Waals surface area (Å²) in [6.07, 6.45) is 0.173. The van der Waals surface area contributed by atoms with Gasteiger partial charge in [-0.3, -0.25) is 9.36 Å². The van der Waals surface area contributed by atoms with E-state index in [1.165, 1.54) is 0 Å². The fraction of sp³-hybridized carbons (Fsp3) is 0.538. The normalized spacial score (nSPS) is 11.6. The van der Waals surface area contributed by atoms with Crippen LogP contribution in [0.15, 0.2) is 10.9 Å². The maximum atomic E-state index is 12.3. The summed E-state index contributed by atoms with van der Waals surface area (Å²) in [5, 5.41) is 0.641. The second-order valence-electron chi connectivity index (χ2n) is 4.75. The Labute approximate surface area is 106 Å². The number of hydrogen-bond acceptors (Lipinski definition) is 3. The summed E-state index contributed by atoms with van der Waals surface area (Å²) < 4.78 is 7.14. The first-order chi connectivity index (χ1) is 8.49. The van der Waals surface area contributed by atoms with Crippen molar-refractivity contribution >= 4 is 11.0 Å². The average molecular weight is 249 g/mol. The number of aromatic amines is 1. The molecule has 0 atom stereocenters. The van der Waals surface area contributed by atoms with Crippen LogP contribution in [0.4, 0.5) is 0 Å². The number of aromatic nitrogens is 3. The van der Waals surface area contributed by atoms with E-state index in [0.29, 0.717) is 30.0 Å². The first-order valence-corrected chi connectivity index (χ1v) is 6.17. The highest BCUT2D eigenvalue weighted by atomic mass is 16.5. The summed E-state index contributed by atoms with van der Waals surface area (Å²) in [5.41, 5.74) is 1.61. The van der Waals surface area contributed by atoms with E-state index in [1.54, 1.807) is 4.57 Å². The van der Waals surface area contributed by atoms with Crippen molar-refractivity contribution in [3.8, 4) is 0 Å². The van der Waals surface area contributed by atoms with Crippen LogP contribution in [0.5, 0.6) is 0 Å². The van der Waals surface area contributed by atoms with Gasteiger partial charge in [-0.05, 0) is 33.8 Å². The molecule has 0 fully saturated rings. The van der Waals surface area contributed by atoms with Gasteiger partial charge in [-0.1, -0.05) is 0 Å². The van der Waals surface area contributed by atoms with Crippen molar-refractivity contribution < 1.29 is 4.74 Å². The summed E-state index contributed by atoms with van der Waals surface area (Å²) in [7, 11) is 0. The Morgan fingerprint density at radius 1 is 1.44 bits per heavy atom. The standard InChI is InChI=1S/C13H19N3O2/c1-8(2)18-6-5-16-10(4)15-12-11(13(16)17)7-9(3)14-12/h7-8,14H,5-6H2,1-4H3. The molecule has 0 spiro atoms. The second kappa shape index (κ2) is 4.94. The minimum atomic E-state index is -0.00536. The van der Waals surface area contributed by atoms with Crippen LogP contribution in [0.2, 0.25) is 0 Å². The van der Waals surface area contributed by atoms with Gasteiger partial charge in [0, 0.05) is 5.69 Å². The maximum Gasteiger partial charge on any atom is 0.263 e. The van der Waals surface area contributed by atoms with Gasteiger partial charge in [0.1, 0.15) is 11.5 Å². The number of rotatable bonds is 4. The topological polar surface area (TPSA) is 59.9 Å². The molecule has 0 saturated carbocycles. The predicted molar refractivity (Wildman–Crippen MR) is 70.9 cm³/mol. The molecule has 2 aromatic heterocycles. The summed E-state index contributed by atoms with van der Waals surface area (Å²) >= 11 is 0.